The highest BCUT2D eigenvalue weighted by molar-refractivity contribution is 5.76. The third-order valence-corrected chi connectivity index (χ3v) is 4.98. The van der Waals surface area contributed by atoms with Crippen LogP contribution in [0.1, 0.15) is 0 Å². The molecule has 0 N–H and O–H groups in total. The predicted octanol–water partition coefficient (Wildman–Crippen LogP) is 1.06. The molecule has 0 unspecified atom stereocenters. The maximum absolute atomic E-state index is 12.8. The normalized spacial score (nSPS) is 13.9. The lowest BCUT2D eigenvalue weighted by Crippen LogP contribution is -2.50. The Kier molecular flexibility index (Phi) is 5.69. The minimum atomic E-state index is -0.314. The summed E-state index contributed by atoms with van der Waals surface area (Å²) in [6.07, 6.45) is 3.40. The lowest BCUT2D eigenvalue weighted by atomic mass is 10.1. The highest BCUT2D eigenvalue weighted by Crippen LogP contribution is 2.21. The first-order valence-electron chi connectivity index (χ1n) is 9.66. The van der Waals surface area contributed by atoms with E-state index in [1.807, 2.05) is 29.2 Å². The van der Waals surface area contributed by atoms with E-state index in [2.05, 4.69) is 15.1 Å². The van der Waals surface area contributed by atoms with Gasteiger partial charge in [0.2, 0.25) is 11.9 Å². The van der Waals surface area contributed by atoms with Crippen molar-refractivity contribution in [3.63, 3.8) is 0 Å². The number of hydrogen-bond acceptors (Lipinski definition) is 7. The molecule has 0 atom stereocenters. The first-order valence-corrected chi connectivity index (χ1v) is 9.66. The zero-order chi connectivity index (χ0) is 20.9. The van der Waals surface area contributed by atoms with E-state index in [4.69, 9.17) is 4.74 Å². The second-order valence-corrected chi connectivity index (χ2v) is 6.86. The number of aromatic nitrogens is 4. The molecule has 9 nitrogen and oxygen atoms in total. The molecule has 3 heterocycles. The Hall–Kier alpha value is -3.75. The zero-order valence-corrected chi connectivity index (χ0v) is 16.6. The number of benzene rings is 1. The minimum absolute atomic E-state index is 0.0987. The van der Waals surface area contributed by atoms with Crippen LogP contribution in [-0.2, 0) is 11.3 Å². The van der Waals surface area contributed by atoms with E-state index in [0.29, 0.717) is 43.6 Å². The maximum Gasteiger partial charge on any atom is 0.267 e. The van der Waals surface area contributed by atoms with Crippen LogP contribution >= 0.6 is 0 Å². The smallest absolute Gasteiger partial charge is 0.267 e. The number of ether oxygens (including phenoxy) is 1. The van der Waals surface area contributed by atoms with Crippen LogP contribution < -0.4 is 15.2 Å². The SMILES string of the molecule is COc1cccc(-c2ccc(=O)n(CC(=O)N3CCN(c4ncccn4)CC3)n2)c1. The molecule has 2 aromatic heterocycles. The van der Waals surface area contributed by atoms with E-state index < -0.39 is 0 Å². The van der Waals surface area contributed by atoms with Crippen LogP contribution in [0.5, 0.6) is 5.75 Å². The Morgan fingerprint density at radius 2 is 1.80 bits per heavy atom. The van der Waals surface area contributed by atoms with Crippen molar-refractivity contribution in [1.82, 2.24) is 24.6 Å². The van der Waals surface area contributed by atoms with Crippen LogP contribution in [0.4, 0.5) is 5.95 Å². The largest absolute Gasteiger partial charge is 0.497 e. The van der Waals surface area contributed by atoms with Gasteiger partial charge in [-0.2, -0.15) is 5.10 Å². The average Bonchev–Trinajstić information content (AvgIpc) is 2.81. The summed E-state index contributed by atoms with van der Waals surface area (Å²) in [6, 6.07) is 12.3. The Balaban J connectivity index is 1.44. The summed E-state index contributed by atoms with van der Waals surface area (Å²) >= 11 is 0. The summed E-state index contributed by atoms with van der Waals surface area (Å²) in [6.45, 7) is 2.27. The molecule has 1 fully saturated rings. The fourth-order valence-corrected chi connectivity index (χ4v) is 3.34. The summed E-state index contributed by atoms with van der Waals surface area (Å²) < 4.78 is 6.46. The van der Waals surface area contributed by atoms with E-state index >= 15 is 0 Å². The molecular weight excluding hydrogens is 384 g/mol. The number of piperazine rings is 1. The van der Waals surface area contributed by atoms with E-state index in [9.17, 15) is 9.59 Å². The van der Waals surface area contributed by atoms with Gasteiger partial charge in [0, 0.05) is 50.2 Å². The van der Waals surface area contributed by atoms with Crippen LogP contribution in [0.25, 0.3) is 11.3 Å². The van der Waals surface area contributed by atoms with Crippen molar-refractivity contribution < 1.29 is 9.53 Å². The van der Waals surface area contributed by atoms with Gasteiger partial charge in [0.05, 0.1) is 12.8 Å². The van der Waals surface area contributed by atoms with E-state index in [0.717, 1.165) is 5.56 Å². The molecule has 0 spiro atoms. The minimum Gasteiger partial charge on any atom is -0.497 e. The molecule has 1 amide bonds. The number of anilines is 1. The van der Waals surface area contributed by atoms with Crippen molar-refractivity contribution >= 4 is 11.9 Å². The van der Waals surface area contributed by atoms with Crippen molar-refractivity contribution in [2.75, 3.05) is 38.2 Å². The molecule has 1 aromatic carbocycles. The summed E-state index contributed by atoms with van der Waals surface area (Å²) in [5.74, 6) is 1.22. The Morgan fingerprint density at radius 3 is 2.53 bits per heavy atom. The first kappa shape index (κ1) is 19.6. The highest BCUT2D eigenvalue weighted by Gasteiger charge is 2.23. The number of rotatable bonds is 5. The van der Waals surface area contributed by atoms with Crippen molar-refractivity contribution in [2.24, 2.45) is 0 Å². The Labute approximate surface area is 173 Å². The number of amides is 1. The molecule has 1 aliphatic rings. The molecular formula is C21H22N6O3. The fraction of sp³-hybridized carbons (Fsp3) is 0.286. The van der Waals surface area contributed by atoms with Gasteiger partial charge in [-0.1, -0.05) is 12.1 Å². The molecule has 4 rings (SSSR count). The second kappa shape index (κ2) is 8.73. The molecule has 0 radical (unpaired) electrons. The van der Waals surface area contributed by atoms with Crippen LogP contribution in [-0.4, -0.2) is 63.8 Å². The molecule has 9 heteroatoms. The fourth-order valence-electron chi connectivity index (χ4n) is 3.34. The molecule has 30 heavy (non-hydrogen) atoms. The van der Waals surface area contributed by atoms with E-state index in [1.54, 1.807) is 36.5 Å². The molecule has 0 bridgehead atoms. The molecule has 3 aromatic rings. The Morgan fingerprint density at radius 1 is 1.03 bits per heavy atom. The monoisotopic (exact) mass is 406 g/mol. The van der Waals surface area contributed by atoms with Crippen LogP contribution in [0, 0.1) is 0 Å². The lowest BCUT2D eigenvalue weighted by molar-refractivity contribution is -0.132. The molecule has 154 valence electrons. The summed E-state index contributed by atoms with van der Waals surface area (Å²) in [5, 5.41) is 4.39. The van der Waals surface area contributed by atoms with Crippen molar-refractivity contribution in [3.05, 3.63) is 65.2 Å². The number of carbonyl (C=O) groups excluding carboxylic acids is 1. The lowest BCUT2D eigenvalue weighted by Gasteiger charge is -2.34. The van der Waals surface area contributed by atoms with Crippen LogP contribution in [0.2, 0.25) is 0 Å². The van der Waals surface area contributed by atoms with Crippen LogP contribution in [0.15, 0.2) is 59.7 Å². The number of methoxy groups -OCH3 is 1. The van der Waals surface area contributed by atoms with Gasteiger partial charge in [-0.3, -0.25) is 9.59 Å². The Bertz CT molecular complexity index is 1080. The first-order chi connectivity index (χ1) is 14.6. The van der Waals surface area contributed by atoms with Crippen molar-refractivity contribution in [2.45, 2.75) is 6.54 Å². The predicted molar refractivity (Wildman–Crippen MR) is 111 cm³/mol. The van der Waals surface area contributed by atoms with Gasteiger partial charge in [0.1, 0.15) is 12.3 Å². The van der Waals surface area contributed by atoms with Gasteiger partial charge in [-0.15, -0.1) is 0 Å². The topological polar surface area (TPSA) is 93.5 Å². The quantitative estimate of drug-likeness (QED) is 0.625. The third kappa shape index (κ3) is 4.29. The second-order valence-electron chi connectivity index (χ2n) is 6.86. The van der Waals surface area contributed by atoms with Crippen molar-refractivity contribution in [1.29, 1.82) is 0 Å². The summed E-state index contributed by atoms with van der Waals surface area (Å²) in [7, 11) is 1.59. The maximum atomic E-state index is 12.8. The van der Waals surface area contributed by atoms with Gasteiger partial charge >= 0.3 is 0 Å². The molecule has 1 aliphatic heterocycles. The average molecular weight is 406 g/mol. The molecule has 0 aliphatic carbocycles. The van der Waals surface area contributed by atoms with Gasteiger partial charge in [-0.25, -0.2) is 14.6 Å². The van der Waals surface area contributed by atoms with Crippen molar-refractivity contribution in [3.8, 4) is 17.0 Å². The summed E-state index contributed by atoms with van der Waals surface area (Å²) in [5.41, 5.74) is 1.10. The van der Waals surface area contributed by atoms with Gasteiger partial charge in [0.25, 0.3) is 5.56 Å². The molecule has 0 saturated carbocycles. The van der Waals surface area contributed by atoms with Gasteiger partial charge in [0.15, 0.2) is 0 Å². The number of nitrogens with zero attached hydrogens (tertiary/aromatic N) is 6. The number of carbonyl (C=O) groups is 1. The van der Waals surface area contributed by atoms with E-state index in [-0.39, 0.29) is 18.0 Å². The van der Waals surface area contributed by atoms with E-state index in [1.165, 1.54) is 10.7 Å². The standard InChI is InChI=1S/C21H22N6O3/c1-30-17-5-2-4-16(14-17)18-6-7-19(28)27(24-18)15-20(29)25-10-12-26(13-11-25)21-22-8-3-9-23-21/h2-9,14H,10-13,15H2,1H3. The third-order valence-electron chi connectivity index (χ3n) is 4.98. The number of hydrogen-bond donors (Lipinski definition) is 0. The van der Waals surface area contributed by atoms with Crippen LogP contribution in [0.3, 0.4) is 0 Å². The van der Waals surface area contributed by atoms with Gasteiger partial charge in [-0.05, 0) is 24.3 Å². The zero-order valence-electron chi connectivity index (χ0n) is 16.6. The van der Waals surface area contributed by atoms with Gasteiger partial charge < -0.3 is 14.5 Å². The summed E-state index contributed by atoms with van der Waals surface area (Å²) in [4.78, 5) is 37.3. The highest BCUT2D eigenvalue weighted by atomic mass is 16.5. The molecule has 1 saturated heterocycles.